The third kappa shape index (κ3) is 6.20. The first kappa shape index (κ1) is 28.2. The fourth-order valence-corrected chi connectivity index (χ4v) is 6.19. The van der Waals surface area contributed by atoms with E-state index in [-0.39, 0.29) is 23.6 Å². The molecule has 0 radical (unpaired) electrons. The molecule has 0 bridgehead atoms. The molecule has 212 valence electrons. The molecule has 0 amide bonds. The van der Waals surface area contributed by atoms with Gasteiger partial charge in [0.1, 0.15) is 11.6 Å². The Morgan fingerprint density at radius 2 is 1.90 bits per heavy atom. The first-order valence-electron chi connectivity index (χ1n) is 14.3. The summed E-state index contributed by atoms with van der Waals surface area (Å²) in [5.74, 6) is -0.265. The number of halogens is 1. The summed E-state index contributed by atoms with van der Waals surface area (Å²) in [5.41, 5.74) is 7.30. The van der Waals surface area contributed by atoms with Gasteiger partial charge >= 0.3 is 5.97 Å². The van der Waals surface area contributed by atoms with Crippen LogP contribution in [-0.2, 0) is 17.6 Å². The van der Waals surface area contributed by atoms with Gasteiger partial charge in [0, 0.05) is 24.7 Å². The molecule has 2 N–H and O–H groups in total. The van der Waals surface area contributed by atoms with E-state index >= 15 is 4.39 Å². The summed E-state index contributed by atoms with van der Waals surface area (Å²) >= 11 is 0. The summed E-state index contributed by atoms with van der Waals surface area (Å²) in [4.78, 5) is 20.1. The van der Waals surface area contributed by atoms with Crippen LogP contribution in [0.5, 0.6) is 5.75 Å². The highest BCUT2D eigenvalue weighted by Crippen LogP contribution is 2.47. The molecule has 1 unspecified atom stereocenters. The van der Waals surface area contributed by atoms with Crippen LogP contribution in [0, 0.1) is 25.6 Å². The van der Waals surface area contributed by atoms with E-state index in [1.165, 1.54) is 0 Å². The van der Waals surface area contributed by atoms with Gasteiger partial charge in [-0.2, -0.15) is 0 Å². The summed E-state index contributed by atoms with van der Waals surface area (Å²) in [7, 11) is 0. The lowest BCUT2D eigenvalue weighted by molar-refractivity contribution is -0.138. The van der Waals surface area contributed by atoms with Crippen molar-refractivity contribution in [3.8, 4) is 16.9 Å². The molecular weight excluding hydrogens is 507 g/mol. The van der Waals surface area contributed by atoms with Crippen molar-refractivity contribution in [1.82, 2.24) is 9.97 Å². The fourth-order valence-electron chi connectivity index (χ4n) is 6.19. The Morgan fingerprint density at radius 3 is 2.52 bits per heavy atom. The summed E-state index contributed by atoms with van der Waals surface area (Å²) < 4.78 is 21.1. The largest absolute Gasteiger partial charge is 0.493 e. The number of benzene rings is 2. The van der Waals surface area contributed by atoms with Crippen molar-refractivity contribution in [2.45, 2.75) is 90.1 Å². The van der Waals surface area contributed by atoms with E-state index in [0.717, 1.165) is 82.6 Å². The lowest BCUT2D eigenvalue weighted by atomic mass is 9.88. The van der Waals surface area contributed by atoms with Crippen LogP contribution in [-0.4, -0.2) is 38.4 Å². The molecule has 0 aliphatic heterocycles. The van der Waals surface area contributed by atoms with E-state index < -0.39 is 11.6 Å². The van der Waals surface area contributed by atoms with Gasteiger partial charge in [0.25, 0.3) is 0 Å². The molecule has 5 rings (SSSR count). The zero-order valence-corrected chi connectivity index (χ0v) is 23.8. The summed E-state index contributed by atoms with van der Waals surface area (Å²) in [6, 6.07) is 7.61. The zero-order chi connectivity index (χ0) is 28.6. The Balaban J connectivity index is 1.25. The molecule has 1 heterocycles. The van der Waals surface area contributed by atoms with Crippen LogP contribution in [0.3, 0.4) is 0 Å². The van der Waals surface area contributed by atoms with E-state index in [4.69, 9.17) is 9.84 Å². The predicted molar refractivity (Wildman–Crippen MR) is 152 cm³/mol. The van der Waals surface area contributed by atoms with Crippen molar-refractivity contribution in [2.75, 3.05) is 6.61 Å². The average Bonchev–Trinajstić information content (AvgIpc) is 3.58. The van der Waals surface area contributed by atoms with E-state index in [2.05, 4.69) is 23.8 Å². The molecule has 6 nitrogen and oxygen atoms in total. The predicted octanol–water partition coefficient (Wildman–Crippen LogP) is 6.68. The number of aromatic nitrogens is 2. The lowest BCUT2D eigenvalue weighted by Gasteiger charge is -2.20. The first-order chi connectivity index (χ1) is 19.0. The van der Waals surface area contributed by atoms with Gasteiger partial charge in [-0.15, -0.1) is 0 Å². The zero-order valence-electron chi connectivity index (χ0n) is 23.8. The van der Waals surface area contributed by atoms with Crippen LogP contribution >= 0.6 is 0 Å². The Hall–Kier alpha value is -3.32. The number of ether oxygens (including phenoxy) is 1. The van der Waals surface area contributed by atoms with Crippen molar-refractivity contribution in [2.24, 2.45) is 5.92 Å². The van der Waals surface area contributed by atoms with E-state index in [1.807, 2.05) is 18.2 Å². The third-order valence-corrected chi connectivity index (χ3v) is 8.41. The van der Waals surface area contributed by atoms with Crippen LogP contribution in [0.4, 0.5) is 4.39 Å². The second kappa shape index (κ2) is 11.3. The number of rotatable bonds is 11. The van der Waals surface area contributed by atoms with Gasteiger partial charge in [-0.25, -0.2) is 4.39 Å². The van der Waals surface area contributed by atoms with Crippen molar-refractivity contribution < 1.29 is 24.1 Å². The smallest absolute Gasteiger partial charge is 0.307 e. The van der Waals surface area contributed by atoms with Gasteiger partial charge in [0.05, 0.1) is 29.5 Å². The van der Waals surface area contributed by atoms with Crippen LogP contribution in [0.1, 0.15) is 91.4 Å². The molecule has 0 spiro atoms. The molecule has 3 atom stereocenters. The Morgan fingerprint density at radius 1 is 1.15 bits per heavy atom. The fraction of sp³-hybridized carbons (Fsp3) is 0.485. The Labute approximate surface area is 235 Å². The third-order valence-electron chi connectivity index (χ3n) is 8.41. The van der Waals surface area contributed by atoms with E-state index in [0.29, 0.717) is 19.4 Å². The minimum Gasteiger partial charge on any atom is -0.493 e. The molecular formula is C33H39FN2O4. The van der Waals surface area contributed by atoms with Gasteiger partial charge in [-0.3, -0.25) is 14.8 Å². The van der Waals surface area contributed by atoms with Crippen LogP contribution in [0.25, 0.3) is 11.1 Å². The molecule has 2 aliphatic carbocycles. The number of nitrogens with zero attached hydrogens (tertiary/aromatic N) is 2. The number of aliphatic carboxylic acids is 1. The molecule has 2 aromatic carbocycles. The molecule has 0 saturated heterocycles. The van der Waals surface area contributed by atoms with Crippen molar-refractivity contribution >= 4 is 5.97 Å². The molecule has 1 saturated carbocycles. The number of aliphatic hydroxyl groups is 1. The lowest BCUT2D eigenvalue weighted by Crippen LogP contribution is -2.21. The molecule has 1 fully saturated rings. The number of hydrogen-bond acceptors (Lipinski definition) is 5. The maximum atomic E-state index is 15.2. The second-order valence-corrected chi connectivity index (χ2v) is 12.2. The molecule has 3 aromatic rings. The van der Waals surface area contributed by atoms with Gasteiger partial charge < -0.3 is 14.9 Å². The number of carboxylic acid groups (broad SMARTS) is 1. The maximum absolute atomic E-state index is 15.2. The number of carbonyl (C=O) groups is 1. The van der Waals surface area contributed by atoms with Gasteiger partial charge in [-0.1, -0.05) is 6.07 Å². The monoisotopic (exact) mass is 546 g/mol. The SMILES string of the molecule is Cc1cc(OCCC(C)(C)O)cc(C)c1-c1ccc(F)c2c1CCC2CCCc1cnc([C@H]2C[C@@H]2C(=O)O)cn1. The highest BCUT2D eigenvalue weighted by atomic mass is 19.1. The number of fused-ring (bicyclic) bond motifs is 1. The van der Waals surface area contributed by atoms with Crippen LogP contribution < -0.4 is 4.74 Å². The molecule has 40 heavy (non-hydrogen) atoms. The van der Waals surface area contributed by atoms with Gasteiger partial charge in [0.15, 0.2) is 0 Å². The van der Waals surface area contributed by atoms with E-state index in [9.17, 15) is 9.90 Å². The van der Waals surface area contributed by atoms with Gasteiger partial charge in [0.2, 0.25) is 0 Å². The Bertz CT molecular complexity index is 1370. The average molecular weight is 547 g/mol. The molecule has 2 aliphatic rings. The van der Waals surface area contributed by atoms with Gasteiger partial charge in [-0.05, 0) is 124 Å². The Kier molecular flexibility index (Phi) is 7.96. The van der Waals surface area contributed by atoms with Crippen LogP contribution in [0.15, 0.2) is 36.7 Å². The normalized spacial score (nSPS) is 19.9. The van der Waals surface area contributed by atoms with Crippen LogP contribution in [0.2, 0.25) is 0 Å². The number of carboxylic acids is 1. The van der Waals surface area contributed by atoms with Crippen molar-refractivity contribution in [3.05, 3.63) is 76.1 Å². The standard InChI is InChI=1S/C33H39FN2O4/c1-19-14-23(40-13-12-33(3,4)39)15-20(2)30(19)24-10-11-28(34)31-21(8-9-25(24)31)6-5-7-22-17-36-29(18-35-22)26-16-27(26)32(37)38/h10-11,14-15,17-18,21,26-27,39H,5-9,12-13,16H2,1-4H3,(H,37,38)/t21?,26-,27-/m0/s1. The summed E-state index contributed by atoms with van der Waals surface area (Å²) in [6.07, 6.45) is 8.98. The number of aryl methyl sites for hydroxylation is 3. The minimum absolute atomic E-state index is 0.0131. The summed E-state index contributed by atoms with van der Waals surface area (Å²) in [6.45, 7) is 8.14. The minimum atomic E-state index is -0.767. The van der Waals surface area contributed by atoms with Crippen molar-refractivity contribution in [3.63, 3.8) is 0 Å². The quantitative estimate of drug-likeness (QED) is 0.279. The second-order valence-electron chi connectivity index (χ2n) is 12.2. The number of hydrogen-bond donors (Lipinski definition) is 2. The molecule has 1 aromatic heterocycles. The topological polar surface area (TPSA) is 92.5 Å². The highest BCUT2D eigenvalue weighted by molar-refractivity contribution is 5.77. The maximum Gasteiger partial charge on any atom is 0.307 e. The first-order valence-corrected chi connectivity index (χ1v) is 14.3. The summed E-state index contributed by atoms with van der Waals surface area (Å²) in [5, 5.41) is 19.1. The highest BCUT2D eigenvalue weighted by Gasteiger charge is 2.45. The molecule has 7 heteroatoms. The van der Waals surface area contributed by atoms with Crippen molar-refractivity contribution in [1.29, 1.82) is 0 Å². The van der Waals surface area contributed by atoms with E-state index in [1.54, 1.807) is 32.3 Å².